The number of carbonyl (C=O) groups excluding carboxylic acids is 1. The summed E-state index contributed by atoms with van der Waals surface area (Å²) in [6.45, 7) is 2.15. The third kappa shape index (κ3) is 7.01. The molecule has 0 aliphatic rings. The lowest BCUT2D eigenvalue weighted by atomic mass is 10.7. The highest BCUT2D eigenvalue weighted by atomic mass is 32.1. The van der Waals surface area contributed by atoms with Crippen LogP contribution in [0.2, 0.25) is 0 Å². The molecule has 0 spiro atoms. The van der Waals surface area contributed by atoms with Crippen molar-refractivity contribution < 1.29 is 9.53 Å². The van der Waals surface area contributed by atoms with E-state index in [1.807, 2.05) is 0 Å². The Bertz CT molecular complexity index is 151. The lowest BCUT2D eigenvalue weighted by Crippen LogP contribution is -2.43. The molecule has 0 radical (unpaired) electrons. The second kappa shape index (κ2) is 5.87. The van der Waals surface area contributed by atoms with E-state index in [1.54, 1.807) is 6.92 Å². The monoisotopic (exact) mass is 177 g/mol. The van der Waals surface area contributed by atoms with Crippen molar-refractivity contribution >= 4 is 23.3 Å². The summed E-state index contributed by atoms with van der Waals surface area (Å²) in [5, 5.41) is 0.0919. The van der Waals surface area contributed by atoms with Gasteiger partial charge in [-0.3, -0.25) is 10.2 Å². The van der Waals surface area contributed by atoms with Gasteiger partial charge in [0.25, 0.3) is 0 Å². The summed E-state index contributed by atoms with van der Waals surface area (Å²) in [5.74, 6) is -0.351. The molecular weight excluding hydrogens is 166 g/mol. The number of nitrogens with one attached hydrogen (secondary N) is 2. The van der Waals surface area contributed by atoms with E-state index < -0.39 is 0 Å². The largest absolute Gasteiger partial charge is 0.465 e. The molecule has 0 aliphatic heterocycles. The van der Waals surface area contributed by atoms with E-state index in [2.05, 4.69) is 27.8 Å². The molecule has 0 bridgehead atoms. The highest BCUT2D eigenvalue weighted by Crippen LogP contribution is 1.72. The van der Waals surface area contributed by atoms with Crippen molar-refractivity contribution in [1.29, 1.82) is 0 Å². The fourth-order valence-corrected chi connectivity index (χ4v) is 0.488. The molecule has 5 nitrogen and oxygen atoms in total. The number of esters is 1. The molecule has 0 atom stereocenters. The quantitative estimate of drug-likeness (QED) is 0.287. The standard InChI is InChI=1S/C5H11N3O2S/c1-2-10-4(9)3-7-8-5(6)11/h7H,2-3H2,1H3,(H3,6,8,11). The number of nitrogens with two attached hydrogens (primary N) is 1. The first-order valence-corrected chi connectivity index (χ1v) is 3.51. The van der Waals surface area contributed by atoms with E-state index in [9.17, 15) is 4.79 Å². The Hall–Kier alpha value is -0.880. The molecule has 0 saturated heterocycles. The number of hydrazine groups is 1. The predicted molar refractivity (Wildman–Crippen MR) is 44.6 cm³/mol. The van der Waals surface area contributed by atoms with Crippen molar-refractivity contribution in [3.63, 3.8) is 0 Å². The zero-order valence-electron chi connectivity index (χ0n) is 6.22. The van der Waals surface area contributed by atoms with Gasteiger partial charge in [0.2, 0.25) is 0 Å². The van der Waals surface area contributed by atoms with Gasteiger partial charge >= 0.3 is 5.97 Å². The zero-order chi connectivity index (χ0) is 8.69. The van der Waals surface area contributed by atoms with E-state index >= 15 is 0 Å². The number of hydrogen-bond donors (Lipinski definition) is 3. The number of carbonyl (C=O) groups is 1. The Balaban J connectivity index is 3.24. The molecule has 0 aromatic rings. The average Bonchev–Trinajstić information content (AvgIpc) is 1.87. The Morgan fingerprint density at radius 2 is 2.36 bits per heavy atom. The minimum atomic E-state index is -0.351. The van der Waals surface area contributed by atoms with Crippen molar-refractivity contribution in [2.75, 3.05) is 13.2 Å². The molecule has 0 fully saturated rings. The van der Waals surface area contributed by atoms with Gasteiger partial charge in [0.1, 0.15) is 6.54 Å². The van der Waals surface area contributed by atoms with Crippen molar-refractivity contribution in [2.24, 2.45) is 5.73 Å². The second-order valence-electron chi connectivity index (χ2n) is 1.65. The Morgan fingerprint density at radius 3 is 2.82 bits per heavy atom. The van der Waals surface area contributed by atoms with E-state index in [1.165, 1.54) is 0 Å². The van der Waals surface area contributed by atoms with E-state index in [0.29, 0.717) is 6.61 Å². The van der Waals surface area contributed by atoms with Crippen LogP contribution in [0.15, 0.2) is 0 Å². The van der Waals surface area contributed by atoms with Crippen LogP contribution in [0.3, 0.4) is 0 Å². The molecule has 64 valence electrons. The van der Waals surface area contributed by atoms with Gasteiger partial charge in [-0.15, -0.1) is 0 Å². The maximum Gasteiger partial charge on any atom is 0.321 e. The summed E-state index contributed by atoms with van der Waals surface area (Å²) in [4.78, 5) is 10.6. The van der Waals surface area contributed by atoms with Crippen LogP contribution in [0, 0.1) is 0 Å². The van der Waals surface area contributed by atoms with Crippen LogP contribution in [-0.2, 0) is 9.53 Å². The van der Waals surface area contributed by atoms with Crippen LogP contribution in [0.5, 0.6) is 0 Å². The van der Waals surface area contributed by atoms with Crippen molar-refractivity contribution in [3.05, 3.63) is 0 Å². The number of hydrogen-bond acceptors (Lipinski definition) is 4. The van der Waals surface area contributed by atoms with Gasteiger partial charge in [-0.25, -0.2) is 5.43 Å². The maximum absolute atomic E-state index is 10.6. The van der Waals surface area contributed by atoms with Crippen LogP contribution in [0.25, 0.3) is 0 Å². The third-order valence-corrected chi connectivity index (χ3v) is 0.852. The molecule has 6 heteroatoms. The van der Waals surface area contributed by atoms with Gasteiger partial charge in [0.05, 0.1) is 6.61 Å². The van der Waals surface area contributed by atoms with Crippen molar-refractivity contribution in [2.45, 2.75) is 6.92 Å². The summed E-state index contributed by atoms with van der Waals surface area (Å²) >= 11 is 4.46. The fraction of sp³-hybridized carbons (Fsp3) is 0.600. The smallest absolute Gasteiger partial charge is 0.321 e. The average molecular weight is 177 g/mol. The molecule has 0 aromatic carbocycles. The lowest BCUT2D eigenvalue weighted by molar-refractivity contribution is -0.142. The highest BCUT2D eigenvalue weighted by molar-refractivity contribution is 7.80. The molecule has 0 amide bonds. The Labute approximate surface area is 70.2 Å². The van der Waals surface area contributed by atoms with E-state index in [4.69, 9.17) is 5.73 Å². The molecular formula is C5H11N3O2S. The number of rotatable bonds is 4. The summed E-state index contributed by atoms with van der Waals surface area (Å²) < 4.78 is 4.60. The van der Waals surface area contributed by atoms with Crippen LogP contribution in [-0.4, -0.2) is 24.2 Å². The molecule has 0 saturated carbocycles. The molecule has 0 aromatic heterocycles. The van der Waals surface area contributed by atoms with Crippen LogP contribution >= 0.6 is 12.2 Å². The van der Waals surface area contributed by atoms with Crippen LogP contribution in [0.4, 0.5) is 0 Å². The van der Waals surface area contributed by atoms with Crippen LogP contribution < -0.4 is 16.6 Å². The molecule has 0 aliphatic carbocycles. The summed E-state index contributed by atoms with van der Waals surface area (Å²) in [6.07, 6.45) is 0. The first-order chi connectivity index (χ1) is 5.16. The maximum atomic E-state index is 10.6. The lowest BCUT2D eigenvalue weighted by Gasteiger charge is -2.04. The third-order valence-electron chi connectivity index (χ3n) is 0.750. The summed E-state index contributed by atoms with van der Waals surface area (Å²) in [7, 11) is 0. The first kappa shape index (κ1) is 10.1. The Morgan fingerprint density at radius 1 is 1.73 bits per heavy atom. The highest BCUT2D eigenvalue weighted by Gasteiger charge is 1.98. The molecule has 0 heterocycles. The Kier molecular flexibility index (Phi) is 5.40. The van der Waals surface area contributed by atoms with Crippen LogP contribution in [0.1, 0.15) is 6.92 Å². The normalized spacial score (nSPS) is 8.82. The number of ether oxygens (including phenoxy) is 1. The van der Waals surface area contributed by atoms with Crippen molar-refractivity contribution in [1.82, 2.24) is 10.9 Å². The van der Waals surface area contributed by atoms with E-state index in [0.717, 1.165) is 0 Å². The fourth-order valence-electron chi connectivity index (χ4n) is 0.415. The van der Waals surface area contributed by atoms with Gasteiger partial charge in [0, 0.05) is 0 Å². The summed E-state index contributed by atoms with van der Waals surface area (Å²) in [5.41, 5.74) is 9.93. The molecule has 0 rings (SSSR count). The van der Waals surface area contributed by atoms with Gasteiger partial charge in [0.15, 0.2) is 5.11 Å². The molecule has 11 heavy (non-hydrogen) atoms. The van der Waals surface area contributed by atoms with E-state index in [-0.39, 0.29) is 17.6 Å². The predicted octanol–water partition coefficient (Wildman–Crippen LogP) is -1.11. The minimum Gasteiger partial charge on any atom is -0.465 e. The second-order valence-corrected chi connectivity index (χ2v) is 2.09. The minimum absolute atomic E-state index is 0.0468. The zero-order valence-corrected chi connectivity index (χ0v) is 7.03. The van der Waals surface area contributed by atoms with Gasteiger partial charge in [-0.1, -0.05) is 0 Å². The first-order valence-electron chi connectivity index (χ1n) is 3.10. The topological polar surface area (TPSA) is 76.4 Å². The SMILES string of the molecule is CCOC(=O)CNNC(N)=S. The van der Waals surface area contributed by atoms with Gasteiger partial charge in [-0.2, -0.15) is 0 Å². The molecule has 0 unspecified atom stereocenters. The van der Waals surface area contributed by atoms with Crippen molar-refractivity contribution in [3.8, 4) is 0 Å². The molecule has 4 N–H and O–H groups in total. The summed E-state index contributed by atoms with van der Waals surface area (Å²) in [6, 6.07) is 0. The van der Waals surface area contributed by atoms with Gasteiger partial charge in [-0.05, 0) is 19.1 Å². The van der Waals surface area contributed by atoms with Gasteiger partial charge < -0.3 is 10.5 Å². The number of thiocarbonyl (C=S) groups is 1.